The van der Waals surface area contributed by atoms with Crippen LogP contribution in [0.15, 0.2) is 0 Å². The minimum absolute atomic E-state index is 0.165. The van der Waals surface area contributed by atoms with Crippen molar-refractivity contribution in [1.82, 2.24) is 4.90 Å². The van der Waals surface area contributed by atoms with Crippen molar-refractivity contribution in [3.63, 3.8) is 0 Å². The normalized spacial score (nSPS) is 27.8. The van der Waals surface area contributed by atoms with Crippen molar-refractivity contribution >= 4 is 22.5 Å². The molecule has 0 aromatic heterocycles. The maximum absolute atomic E-state index is 11.4. The van der Waals surface area contributed by atoms with Crippen LogP contribution in [-0.4, -0.2) is 49.7 Å². The first-order valence-electron chi connectivity index (χ1n) is 6.04. The largest absolute Gasteiger partial charge is 0.298 e. The molecular weight excluding hydrogens is 242 g/mol. The second kappa shape index (κ2) is 6.26. The van der Waals surface area contributed by atoms with Crippen LogP contribution in [0.25, 0.3) is 0 Å². The van der Waals surface area contributed by atoms with E-state index in [2.05, 4.69) is 24.5 Å². The van der Waals surface area contributed by atoms with Gasteiger partial charge in [0.2, 0.25) is 0 Å². The van der Waals surface area contributed by atoms with E-state index in [1.54, 1.807) is 0 Å². The topological polar surface area (TPSA) is 37.4 Å². The highest BCUT2D eigenvalue weighted by Crippen LogP contribution is 2.16. The van der Waals surface area contributed by atoms with Gasteiger partial charge >= 0.3 is 0 Å². The molecule has 0 aromatic carbocycles. The molecule has 0 aliphatic carbocycles. The molecule has 1 heterocycles. The van der Waals surface area contributed by atoms with Gasteiger partial charge in [-0.3, -0.25) is 4.90 Å². The standard InChI is InChI=1S/C11H23NO2S2/c1-3-4-11(8-15)7-12-5-6-16(13,14)9-10(12)2/h10-11,15H,3-9H2,1-2H3. The second-order valence-corrected chi connectivity index (χ2v) is 7.39. The van der Waals surface area contributed by atoms with E-state index in [-0.39, 0.29) is 6.04 Å². The monoisotopic (exact) mass is 265 g/mol. The van der Waals surface area contributed by atoms with E-state index < -0.39 is 9.84 Å². The quantitative estimate of drug-likeness (QED) is 0.765. The first kappa shape index (κ1) is 14.3. The number of thiol groups is 1. The van der Waals surface area contributed by atoms with Crippen molar-refractivity contribution in [3.8, 4) is 0 Å². The lowest BCUT2D eigenvalue weighted by atomic mass is 10.0. The van der Waals surface area contributed by atoms with Crippen LogP contribution in [0.1, 0.15) is 26.7 Å². The fourth-order valence-corrected chi connectivity index (χ4v) is 4.21. The molecule has 0 radical (unpaired) electrons. The average Bonchev–Trinajstić information content (AvgIpc) is 2.20. The van der Waals surface area contributed by atoms with Crippen molar-refractivity contribution < 1.29 is 8.42 Å². The first-order chi connectivity index (χ1) is 7.48. The van der Waals surface area contributed by atoms with E-state index in [1.807, 2.05) is 6.92 Å². The van der Waals surface area contributed by atoms with Crippen molar-refractivity contribution in [1.29, 1.82) is 0 Å². The molecule has 2 unspecified atom stereocenters. The van der Waals surface area contributed by atoms with Crippen LogP contribution in [-0.2, 0) is 9.84 Å². The number of hydrogen-bond acceptors (Lipinski definition) is 4. The van der Waals surface area contributed by atoms with Gasteiger partial charge in [-0.25, -0.2) is 8.42 Å². The Morgan fingerprint density at radius 3 is 2.69 bits per heavy atom. The van der Waals surface area contributed by atoms with Gasteiger partial charge in [0.05, 0.1) is 11.5 Å². The number of sulfone groups is 1. The molecule has 1 aliphatic heterocycles. The molecule has 2 atom stereocenters. The zero-order valence-electron chi connectivity index (χ0n) is 10.2. The van der Waals surface area contributed by atoms with Gasteiger partial charge in [0.15, 0.2) is 9.84 Å². The molecule has 0 spiro atoms. The molecule has 0 N–H and O–H groups in total. The van der Waals surface area contributed by atoms with Crippen LogP contribution >= 0.6 is 12.6 Å². The molecule has 5 heteroatoms. The lowest BCUT2D eigenvalue weighted by Gasteiger charge is -2.35. The SMILES string of the molecule is CCCC(CS)CN1CCS(=O)(=O)CC1C. The summed E-state index contributed by atoms with van der Waals surface area (Å²) in [5.41, 5.74) is 0. The van der Waals surface area contributed by atoms with Crippen molar-refractivity contribution in [2.24, 2.45) is 5.92 Å². The van der Waals surface area contributed by atoms with E-state index in [4.69, 9.17) is 0 Å². The summed E-state index contributed by atoms with van der Waals surface area (Å²) in [5.74, 6) is 2.13. The third-order valence-corrected chi connectivity index (χ3v) is 5.57. The van der Waals surface area contributed by atoms with E-state index in [1.165, 1.54) is 12.8 Å². The fourth-order valence-electron chi connectivity index (χ4n) is 2.28. The smallest absolute Gasteiger partial charge is 0.153 e. The summed E-state index contributed by atoms with van der Waals surface area (Å²) in [6.07, 6.45) is 2.35. The van der Waals surface area contributed by atoms with Crippen LogP contribution in [0.4, 0.5) is 0 Å². The summed E-state index contributed by atoms with van der Waals surface area (Å²) in [5, 5.41) is 0. The Hall–Kier alpha value is 0.260. The molecule has 1 fully saturated rings. The fraction of sp³-hybridized carbons (Fsp3) is 1.00. The van der Waals surface area contributed by atoms with Crippen LogP contribution in [0.2, 0.25) is 0 Å². The molecule has 3 nitrogen and oxygen atoms in total. The molecule has 0 saturated carbocycles. The van der Waals surface area contributed by atoms with Crippen LogP contribution < -0.4 is 0 Å². The summed E-state index contributed by atoms with van der Waals surface area (Å²) in [4.78, 5) is 2.30. The Morgan fingerprint density at radius 1 is 1.50 bits per heavy atom. The van der Waals surface area contributed by atoms with Gasteiger partial charge in [-0.2, -0.15) is 12.6 Å². The lowest BCUT2D eigenvalue weighted by molar-refractivity contribution is 0.194. The number of rotatable bonds is 5. The molecule has 0 aromatic rings. The highest BCUT2D eigenvalue weighted by Gasteiger charge is 2.28. The van der Waals surface area contributed by atoms with Gasteiger partial charge in [0, 0.05) is 19.1 Å². The van der Waals surface area contributed by atoms with Crippen LogP contribution in [0.3, 0.4) is 0 Å². The van der Waals surface area contributed by atoms with Gasteiger partial charge < -0.3 is 0 Å². The van der Waals surface area contributed by atoms with Gasteiger partial charge in [-0.05, 0) is 25.0 Å². The maximum atomic E-state index is 11.4. The minimum atomic E-state index is -2.78. The molecule has 16 heavy (non-hydrogen) atoms. The third-order valence-electron chi connectivity index (χ3n) is 3.26. The summed E-state index contributed by atoms with van der Waals surface area (Å²) in [7, 11) is -2.78. The van der Waals surface area contributed by atoms with Gasteiger partial charge in [0.25, 0.3) is 0 Å². The Bertz CT molecular complexity index is 303. The first-order valence-corrected chi connectivity index (χ1v) is 8.49. The Kier molecular flexibility index (Phi) is 5.61. The molecular formula is C11H23NO2S2. The summed E-state index contributed by atoms with van der Waals surface area (Å²) in [6, 6.07) is 0.165. The Labute approximate surface area is 105 Å². The predicted molar refractivity (Wildman–Crippen MR) is 71.9 cm³/mol. The minimum Gasteiger partial charge on any atom is -0.298 e. The number of nitrogens with zero attached hydrogens (tertiary/aromatic N) is 1. The Balaban J connectivity index is 2.49. The van der Waals surface area contributed by atoms with Crippen molar-refractivity contribution in [2.45, 2.75) is 32.7 Å². The zero-order chi connectivity index (χ0) is 12.2. The van der Waals surface area contributed by atoms with Gasteiger partial charge in [-0.1, -0.05) is 13.3 Å². The molecule has 1 saturated heterocycles. The van der Waals surface area contributed by atoms with Gasteiger partial charge in [-0.15, -0.1) is 0 Å². The molecule has 96 valence electrons. The summed E-state index contributed by atoms with van der Waals surface area (Å²) >= 11 is 4.37. The molecule has 0 bridgehead atoms. The highest BCUT2D eigenvalue weighted by molar-refractivity contribution is 7.91. The zero-order valence-corrected chi connectivity index (χ0v) is 11.9. The van der Waals surface area contributed by atoms with E-state index in [0.29, 0.717) is 24.0 Å². The van der Waals surface area contributed by atoms with E-state index >= 15 is 0 Å². The molecule has 1 aliphatic rings. The third kappa shape index (κ3) is 4.26. The average molecular weight is 265 g/mol. The lowest BCUT2D eigenvalue weighted by Crippen LogP contribution is -2.48. The van der Waals surface area contributed by atoms with E-state index in [0.717, 1.165) is 12.3 Å². The summed E-state index contributed by atoms with van der Waals surface area (Å²) < 4.78 is 22.9. The maximum Gasteiger partial charge on any atom is 0.153 e. The predicted octanol–water partition coefficient (Wildman–Crippen LogP) is 1.45. The summed E-state index contributed by atoms with van der Waals surface area (Å²) in [6.45, 7) is 5.88. The number of hydrogen-bond donors (Lipinski definition) is 1. The van der Waals surface area contributed by atoms with Crippen molar-refractivity contribution in [3.05, 3.63) is 0 Å². The van der Waals surface area contributed by atoms with Crippen molar-refractivity contribution in [2.75, 3.05) is 30.3 Å². The molecule has 1 rings (SSSR count). The van der Waals surface area contributed by atoms with Crippen LogP contribution in [0, 0.1) is 5.92 Å². The second-order valence-electron chi connectivity index (χ2n) is 4.80. The molecule has 0 amide bonds. The van der Waals surface area contributed by atoms with Crippen LogP contribution in [0.5, 0.6) is 0 Å². The Morgan fingerprint density at radius 2 is 2.19 bits per heavy atom. The highest BCUT2D eigenvalue weighted by atomic mass is 32.2. The van der Waals surface area contributed by atoms with Gasteiger partial charge in [0.1, 0.15) is 0 Å². The van der Waals surface area contributed by atoms with E-state index in [9.17, 15) is 8.42 Å².